The molecule has 0 atom stereocenters. The molecule has 0 amide bonds. The minimum atomic E-state index is -1.51. The highest BCUT2D eigenvalue weighted by atomic mass is 32.2. The van der Waals surface area contributed by atoms with Crippen LogP contribution in [0.3, 0.4) is 0 Å². The first-order valence-electron chi connectivity index (χ1n) is 2.06. The molecule has 0 fully saturated rings. The van der Waals surface area contributed by atoms with Crippen LogP contribution < -0.4 is 0 Å². The van der Waals surface area contributed by atoms with Gasteiger partial charge in [0.15, 0.2) is 4.08 Å². The maximum Gasteiger partial charge on any atom is 0.330 e. The SMILES string of the molecule is N#CCC(S)(S)C(=O)O. The van der Waals surface area contributed by atoms with Gasteiger partial charge in [-0.25, -0.2) is 4.79 Å². The molecule has 0 bridgehead atoms. The third-order valence-electron chi connectivity index (χ3n) is 0.668. The molecule has 0 unspecified atom stereocenters. The van der Waals surface area contributed by atoms with Gasteiger partial charge in [-0.3, -0.25) is 0 Å². The summed E-state index contributed by atoms with van der Waals surface area (Å²) in [6.07, 6.45) is -0.214. The van der Waals surface area contributed by atoms with Gasteiger partial charge in [0.25, 0.3) is 0 Å². The highest BCUT2D eigenvalue weighted by molar-refractivity contribution is 8.01. The second-order valence-electron chi connectivity index (χ2n) is 1.46. The van der Waals surface area contributed by atoms with E-state index in [0.29, 0.717) is 0 Å². The molecule has 9 heavy (non-hydrogen) atoms. The molecule has 0 aromatic heterocycles. The lowest BCUT2D eigenvalue weighted by atomic mass is 10.3. The lowest BCUT2D eigenvalue weighted by Gasteiger charge is -2.10. The Bertz CT molecular complexity index is 160. The van der Waals surface area contributed by atoms with E-state index >= 15 is 0 Å². The van der Waals surface area contributed by atoms with Crippen LogP contribution in [0.5, 0.6) is 0 Å². The Morgan fingerprint density at radius 2 is 2.22 bits per heavy atom. The van der Waals surface area contributed by atoms with Crippen LogP contribution in [0.2, 0.25) is 0 Å². The molecule has 0 aromatic rings. The fourth-order valence-corrected chi connectivity index (χ4v) is 0.327. The van der Waals surface area contributed by atoms with Crippen molar-refractivity contribution >= 4 is 31.2 Å². The number of hydrogen-bond donors (Lipinski definition) is 3. The molecule has 0 saturated carbocycles. The van der Waals surface area contributed by atoms with Gasteiger partial charge in [0, 0.05) is 0 Å². The summed E-state index contributed by atoms with van der Waals surface area (Å²) < 4.78 is -1.51. The Labute approximate surface area is 63.5 Å². The normalized spacial score (nSPS) is 10.3. The zero-order valence-corrected chi connectivity index (χ0v) is 6.19. The van der Waals surface area contributed by atoms with Crippen molar-refractivity contribution in [2.45, 2.75) is 10.5 Å². The Balaban J connectivity index is 4.06. The van der Waals surface area contributed by atoms with Crippen LogP contribution in [0.1, 0.15) is 6.42 Å². The van der Waals surface area contributed by atoms with Gasteiger partial charge in [-0.15, -0.1) is 25.3 Å². The minimum Gasteiger partial charge on any atom is -0.480 e. The Morgan fingerprint density at radius 3 is 2.33 bits per heavy atom. The molecule has 0 rings (SSSR count). The summed E-state index contributed by atoms with van der Waals surface area (Å²) in [5, 5.41) is 16.3. The van der Waals surface area contributed by atoms with Gasteiger partial charge in [0.2, 0.25) is 0 Å². The second kappa shape index (κ2) is 2.99. The Morgan fingerprint density at radius 1 is 1.78 bits per heavy atom. The van der Waals surface area contributed by atoms with E-state index in [1.54, 1.807) is 6.07 Å². The fourth-order valence-electron chi connectivity index (χ4n) is 0.186. The summed E-state index contributed by atoms with van der Waals surface area (Å²) >= 11 is 7.21. The third-order valence-corrected chi connectivity index (χ3v) is 1.37. The molecule has 0 radical (unpaired) electrons. The molecular formula is C4H5NO2S2. The average molecular weight is 163 g/mol. The van der Waals surface area contributed by atoms with E-state index < -0.39 is 10.0 Å². The Kier molecular flexibility index (Phi) is 2.88. The number of rotatable bonds is 2. The van der Waals surface area contributed by atoms with Crippen LogP contribution in [0.4, 0.5) is 0 Å². The largest absolute Gasteiger partial charge is 0.480 e. The number of nitrogens with zero attached hydrogens (tertiary/aromatic N) is 1. The average Bonchev–Trinajstić information content (AvgIpc) is 1.65. The number of nitriles is 1. The molecule has 0 spiro atoms. The molecule has 0 aliphatic rings. The number of carboxylic acids is 1. The fraction of sp³-hybridized carbons (Fsp3) is 0.500. The van der Waals surface area contributed by atoms with Crippen molar-refractivity contribution in [2.24, 2.45) is 0 Å². The van der Waals surface area contributed by atoms with E-state index in [1.165, 1.54) is 0 Å². The molecule has 0 saturated heterocycles. The van der Waals surface area contributed by atoms with Gasteiger partial charge < -0.3 is 5.11 Å². The van der Waals surface area contributed by atoms with E-state index in [1.807, 2.05) is 0 Å². The highest BCUT2D eigenvalue weighted by Gasteiger charge is 2.29. The first-order valence-corrected chi connectivity index (χ1v) is 2.95. The topological polar surface area (TPSA) is 61.1 Å². The third kappa shape index (κ3) is 2.63. The molecule has 3 nitrogen and oxygen atoms in total. The van der Waals surface area contributed by atoms with Crippen molar-refractivity contribution in [2.75, 3.05) is 0 Å². The van der Waals surface area contributed by atoms with Gasteiger partial charge in [0.1, 0.15) is 0 Å². The summed E-state index contributed by atoms with van der Waals surface area (Å²) in [5.41, 5.74) is 0. The molecule has 0 aliphatic heterocycles. The number of carboxylic acid groups (broad SMARTS) is 1. The van der Waals surface area contributed by atoms with Crippen LogP contribution in [-0.4, -0.2) is 15.2 Å². The highest BCUT2D eigenvalue weighted by Crippen LogP contribution is 2.23. The summed E-state index contributed by atoms with van der Waals surface area (Å²) in [6, 6.07) is 1.66. The quantitative estimate of drug-likeness (QED) is 0.411. The van der Waals surface area contributed by atoms with E-state index in [0.717, 1.165) is 0 Å². The zero-order chi connectivity index (χ0) is 7.49. The standard InChI is InChI=1S/C4H5NO2S2/c5-2-1-4(8,9)3(6)7/h8-9H,1H2,(H,6,7). The summed E-state index contributed by atoms with van der Waals surface area (Å²) in [4.78, 5) is 10.1. The van der Waals surface area contributed by atoms with Gasteiger partial charge in [-0.2, -0.15) is 5.26 Å². The van der Waals surface area contributed by atoms with E-state index in [9.17, 15) is 4.79 Å². The molecule has 0 aliphatic carbocycles. The van der Waals surface area contributed by atoms with Gasteiger partial charge in [-0.05, 0) is 0 Å². The molecule has 0 heterocycles. The zero-order valence-electron chi connectivity index (χ0n) is 4.40. The van der Waals surface area contributed by atoms with Crippen LogP contribution in [0.25, 0.3) is 0 Å². The number of carbonyl (C=O) groups is 1. The van der Waals surface area contributed by atoms with Gasteiger partial charge in [-0.1, -0.05) is 0 Å². The molecule has 5 heteroatoms. The minimum absolute atomic E-state index is 0.214. The van der Waals surface area contributed by atoms with E-state index in [-0.39, 0.29) is 6.42 Å². The molecule has 0 aromatic carbocycles. The number of hydrogen-bond acceptors (Lipinski definition) is 4. The van der Waals surface area contributed by atoms with Crippen molar-refractivity contribution in [3.63, 3.8) is 0 Å². The Hall–Kier alpha value is -0.340. The first-order chi connectivity index (χ1) is 4.00. The van der Waals surface area contributed by atoms with Gasteiger partial charge >= 0.3 is 5.97 Å². The maximum atomic E-state index is 10.1. The summed E-state index contributed by atoms with van der Waals surface area (Å²) in [7, 11) is 0. The van der Waals surface area contributed by atoms with Crippen LogP contribution >= 0.6 is 25.3 Å². The first kappa shape index (κ1) is 8.66. The van der Waals surface area contributed by atoms with Crippen LogP contribution in [-0.2, 0) is 4.79 Å². The van der Waals surface area contributed by atoms with Crippen LogP contribution in [0.15, 0.2) is 0 Å². The monoisotopic (exact) mass is 163 g/mol. The smallest absolute Gasteiger partial charge is 0.330 e. The summed E-state index contributed by atoms with van der Waals surface area (Å²) in [6.45, 7) is 0. The molecule has 1 N–H and O–H groups in total. The van der Waals surface area contributed by atoms with Crippen molar-refractivity contribution in [1.29, 1.82) is 5.26 Å². The van der Waals surface area contributed by atoms with E-state index in [2.05, 4.69) is 25.3 Å². The van der Waals surface area contributed by atoms with Crippen molar-refractivity contribution in [3.05, 3.63) is 0 Å². The van der Waals surface area contributed by atoms with Crippen molar-refractivity contribution in [1.82, 2.24) is 0 Å². The summed E-state index contributed by atoms with van der Waals surface area (Å²) in [5.74, 6) is -1.20. The van der Waals surface area contributed by atoms with E-state index in [4.69, 9.17) is 10.4 Å². The predicted octanol–water partition coefficient (Wildman–Crippen LogP) is 0.541. The molecule has 50 valence electrons. The van der Waals surface area contributed by atoms with Crippen molar-refractivity contribution < 1.29 is 9.90 Å². The van der Waals surface area contributed by atoms with Crippen LogP contribution in [0, 0.1) is 11.3 Å². The second-order valence-corrected chi connectivity index (χ2v) is 3.34. The lowest BCUT2D eigenvalue weighted by molar-refractivity contribution is -0.137. The number of aliphatic carboxylic acids is 1. The predicted molar refractivity (Wildman–Crippen MR) is 38.6 cm³/mol. The van der Waals surface area contributed by atoms with Crippen molar-refractivity contribution in [3.8, 4) is 6.07 Å². The number of thiol groups is 2. The van der Waals surface area contributed by atoms with Gasteiger partial charge in [0.05, 0.1) is 12.5 Å². The maximum absolute atomic E-state index is 10.1. The molecular weight excluding hydrogens is 158 g/mol. The lowest BCUT2D eigenvalue weighted by Crippen LogP contribution is -2.24.